The van der Waals surface area contributed by atoms with Crippen LogP contribution < -0.4 is 0 Å². The van der Waals surface area contributed by atoms with Gasteiger partial charge < -0.3 is 0 Å². The van der Waals surface area contributed by atoms with E-state index in [9.17, 15) is 0 Å². The summed E-state index contributed by atoms with van der Waals surface area (Å²) in [5.74, 6) is 0.812. The van der Waals surface area contributed by atoms with Crippen LogP contribution in [-0.2, 0) is 0 Å². The molecule has 2 nitrogen and oxygen atoms in total. The van der Waals surface area contributed by atoms with E-state index in [0.717, 1.165) is 22.4 Å². The Labute approximate surface area is 131 Å². The van der Waals surface area contributed by atoms with Crippen LogP contribution in [0.3, 0.4) is 0 Å². The predicted molar refractivity (Wildman–Crippen MR) is 86.7 cm³/mol. The fraction of sp³-hybridized carbons (Fsp3) is 0.0667. The molecule has 0 amide bonds. The number of fused-ring (bicyclic) bond motifs is 1. The summed E-state index contributed by atoms with van der Waals surface area (Å²) in [5.41, 5.74) is 1.74. The van der Waals surface area contributed by atoms with Crippen LogP contribution >= 0.6 is 35.4 Å². The van der Waals surface area contributed by atoms with Crippen molar-refractivity contribution < 1.29 is 0 Å². The van der Waals surface area contributed by atoms with Gasteiger partial charge in [0.2, 0.25) is 0 Å². The highest BCUT2D eigenvalue weighted by Crippen LogP contribution is 2.23. The molecule has 1 aromatic heterocycles. The molecule has 0 unspecified atom stereocenters. The Morgan fingerprint density at radius 3 is 2.55 bits per heavy atom. The van der Waals surface area contributed by atoms with E-state index >= 15 is 0 Å². The first-order valence-electron chi connectivity index (χ1n) is 6.01. The van der Waals surface area contributed by atoms with Gasteiger partial charge in [-0.15, -0.1) is 0 Å². The number of benzene rings is 2. The lowest BCUT2D eigenvalue weighted by Crippen LogP contribution is -2.05. The zero-order valence-corrected chi connectivity index (χ0v) is 12.9. The molecule has 0 fully saturated rings. The summed E-state index contributed by atoms with van der Waals surface area (Å²) in [4.78, 5) is 4.58. The van der Waals surface area contributed by atoms with E-state index in [1.807, 2.05) is 54.0 Å². The van der Waals surface area contributed by atoms with Gasteiger partial charge in [0.1, 0.15) is 10.5 Å². The molecular weight excluding hydrogens is 311 g/mol. The third-order valence-electron chi connectivity index (χ3n) is 3.06. The third kappa shape index (κ3) is 2.33. The second kappa shape index (κ2) is 5.17. The molecule has 20 heavy (non-hydrogen) atoms. The molecular formula is C15H10Cl2N2S. The fourth-order valence-electron chi connectivity index (χ4n) is 2.19. The van der Waals surface area contributed by atoms with Crippen molar-refractivity contribution in [2.24, 2.45) is 0 Å². The number of hydrogen-bond acceptors (Lipinski definition) is 2. The summed E-state index contributed by atoms with van der Waals surface area (Å²) in [6, 6.07) is 13.1. The molecule has 3 aromatic rings. The number of nitrogens with zero attached hydrogens (tertiary/aromatic N) is 2. The topological polar surface area (TPSA) is 17.8 Å². The maximum Gasteiger partial charge on any atom is 0.121 e. The van der Waals surface area contributed by atoms with Gasteiger partial charge in [0.15, 0.2) is 0 Å². The fourth-order valence-corrected chi connectivity index (χ4v) is 2.95. The van der Waals surface area contributed by atoms with E-state index in [2.05, 4.69) is 4.98 Å². The highest BCUT2D eigenvalue weighted by molar-refractivity contribution is 7.71. The van der Waals surface area contributed by atoms with Gasteiger partial charge in [0.25, 0.3) is 0 Å². The van der Waals surface area contributed by atoms with Gasteiger partial charge in [0, 0.05) is 21.1 Å². The molecule has 100 valence electrons. The van der Waals surface area contributed by atoms with Crippen LogP contribution in [0.1, 0.15) is 5.82 Å². The molecule has 3 rings (SSSR count). The Kier molecular flexibility index (Phi) is 3.50. The molecule has 0 bridgehead atoms. The van der Waals surface area contributed by atoms with E-state index in [1.165, 1.54) is 0 Å². The molecule has 0 N–H and O–H groups in total. The Hall–Kier alpha value is -1.42. The quantitative estimate of drug-likeness (QED) is 0.561. The lowest BCUT2D eigenvalue weighted by molar-refractivity contribution is 0.917. The van der Waals surface area contributed by atoms with Crippen LogP contribution in [-0.4, -0.2) is 9.55 Å². The number of halogens is 2. The summed E-state index contributed by atoms with van der Waals surface area (Å²) in [6.07, 6.45) is 0. The van der Waals surface area contributed by atoms with Crippen molar-refractivity contribution in [1.29, 1.82) is 0 Å². The number of rotatable bonds is 1. The standard InChI is InChI=1S/C15H10Cl2N2S/c1-9-18-14-6-5-11(17)8-13(14)15(20)19(9)12-4-2-3-10(16)7-12/h2-8H,1H3. The smallest absolute Gasteiger partial charge is 0.121 e. The first kappa shape index (κ1) is 13.6. The highest BCUT2D eigenvalue weighted by atomic mass is 35.5. The van der Waals surface area contributed by atoms with Crippen molar-refractivity contribution in [3.8, 4) is 5.69 Å². The van der Waals surface area contributed by atoms with Gasteiger partial charge >= 0.3 is 0 Å². The Bertz CT molecular complexity index is 871. The molecule has 0 saturated carbocycles. The Balaban J connectivity index is 2.39. The minimum Gasteiger partial charge on any atom is -0.289 e. The SMILES string of the molecule is Cc1nc2ccc(Cl)cc2c(=S)n1-c1cccc(Cl)c1. The molecule has 0 saturated heterocycles. The van der Waals surface area contributed by atoms with Crippen molar-refractivity contribution in [2.45, 2.75) is 6.92 Å². The van der Waals surface area contributed by atoms with Crippen molar-refractivity contribution in [3.63, 3.8) is 0 Å². The molecule has 0 aliphatic heterocycles. The van der Waals surface area contributed by atoms with Crippen molar-refractivity contribution in [3.05, 3.63) is 63.0 Å². The van der Waals surface area contributed by atoms with Gasteiger partial charge in [-0.1, -0.05) is 41.5 Å². The van der Waals surface area contributed by atoms with Crippen LogP contribution in [0.2, 0.25) is 10.0 Å². The average Bonchev–Trinajstić information content (AvgIpc) is 2.40. The lowest BCUT2D eigenvalue weighted by atomic mass is 10.2. The van der Waals surface area contributed by atoms with Crippen LogP contribution in [0.4, 0.5) is 0 Å². The van der Waals surface area contributed by atoms with Gasteiger partial charge in [0.05, 0.1) is 5.52 Å². The van der Waals surface area contributed by atoms with Crippen LogP contribution in [0, 0.1) is 11.6 Å². The molecule has 0 spiro atoms. The molecule has 0 atom stereocenters. The van der Waals surface area contributed by atoms with E-state index in [4.69, 9.17) is 35.4 Å². The normalized spacial score (nSPS) is 10.9. The van der Waals surface area contributed by atoms with E-state index in [1.54, 1.807) is 0 Å². The first-order chi connectivity index (χ1) is 9.56. The summed E-state index contributed by atoms with van der Waals surface area (Å²) in [7, 11) is 0. The molecule has 0 aliphatic carbocycles. The minimum atomic E-state index is 0.645. The van der Waals surface area contributed by atoms with Crippen LogP contribution in [0.15, 0.2) is 42.5 Å². The average molecular weight is 321 g/mol. The molecule has 5 heteroatoms. The highest BCUT2D eigenvalue weighted by Gasteiger charge is 2.08. The van der Waals surface area contributed by atoms with E-state index < -0.39 is 0 Å². The second-order valence-electron chi connectivity index (χ2n) is 4.44. The lowest BCUT2D eigenvalue weighted by Gasteiger charge is -2.13. The van der Waals surface area contributed by atoms with Crippen LogP contribution in [0.5, 0.6) is 0 Å². The number of aromatic nitrogens is 2. The first-order valence-corrected chi connectivity index (χ1v) is 7.17. The largest absolute Gasteiger partial charge is 0.289 e. The number of hydrogen-bond donors (Lipinski definition) is 0. The zero-order valence-electron chi connectivity index (χ0n) is 10.6. The third-order valence-corrected chi connectivity index (χ3v) is 3.94. The van der Waals surface area contributed by atoms with Crippen molar-refractivity contribution in [1.82, 2.24) is 9.55 Å². The van der Waals surface area contributed by atoms with Crippen molar-refractivity contribution >= 4 is 46.3 Å². The van der Waals surface area contributed by atoms with Crippen molar-refractivity contribution in [2.75, 3.05) is 0 Å². The molecule has 0 aliphatic rings. The monoisotopic (exact) mass is 320 g/mol. The molecule has 2 aromatic carbocycles. The summed E-state index contributed by atoms with van der Waals surface area (Å²) in [5, 5.41) is 2.17. The van der Waals surface area contributed by atoms with Gasteiger partial charge in [-0.2, -0.15) is 0 Å². The van der Waals surface area contributed by atoms with E-state index in [0.29, 0.717) is 14.7 Å². The maximum atomic E-state index is 6.05. The number of aryl methyl sites for hydroxylation is 1. The maximum absolute atomic E-state index is 6.05. The van der Waals surface area contributed by atoms with E-state index in [-0.39, 0.29) is 0 Å². The molecule has 0 radical (unpaired) electrons. The summed E-state index contributed by atoms with van der Waals surface area (Å²) < 4.78 is 2.58. The zero-order chi connectivity index (χ0) is 14.3. The van der Waals surface area contributed by atoms with Gasteiger partial charge in [-0.05, 0) is 43.3 Å². The van der Waals surface area contributed by atoms with Crippen LogP contribution in [0.25, 0.3) is 16.6 Å². The molecule has 1 heterocycles. The minimum absolute atomic E-state index is 0.645. The van der Waals surface area contributed by atoms with Gasteiger partial charge in [-0.25, -0.2) is 4.98 Å². The second-order valence-corrected chi connectivity index (χ2v) is 5.70. The Morgan fingerprint density at radius 1 is 1.05 bits per heavy atom. The summed E-state index contributed by atoms with van der Waals surface area (Å²) >= 11 is 17.7. The predicted octanol–water partition coefficient (Wildman–Crippen LogP) is 5.37. The van der Waals surface area contributed by atoms with Gasteiger partial charge in [-0.3, -0.25) is 4.57 Å². The summed E-state index contributed by atoms with van der Waals surface area (Å²) in [6.45, 7) is 1.92. The Morgan fingerprint density at radius 2 is 1.80 bits per heavy atom.